The normalized spacial score (nSPS) is 14.5. The van der Waals surface area contributed by atoms with Crippen LogP contribution in [0.3, 0.4) is 0 Å². The summed E-state index contributed by atoms with van der Waals surface area (Å²) >= 11 is 1.06. The quantitative estimate of drug-likeness (QED) is 0.0875. The number of thioether (sulfide) groups is 1. The van der Waals surface area contributed by atoms with Gasteiger partial charge >= 0.3 is 5.97 Å². The number of fused-ring (bicyclic) bond motifs is 1. The zero-order valence-corrected chi connectivity index (χ0v) is 32.4. The Hall–Kier alpha value is -4.45. The van der Waals surface area contributed by atoms with Gasteiger partial charge in [0.15, 0.2) is 5.82 Å². The number of anilines is 2. The first-order chi connectivity index (χ1) is 26.0. The molecule has 16 nitrogen and oxygen atoms in total. The molecule has 1 saturated heterocycles. The molecule has 296 valence electrons. The number of nitrogens with one attached hydrogen (secondary N) is 2. The van der Waals surface area contributed by atoms with Gasteiger partial charge in [-0.3, -0.25) is 24.1 Å². The third-order valence-corrected chi connectivity index (χ3v) is 10.6. The maximum absolute atomic E-state index is 12.8. The van der Waals surface area contributed by atoms with Crippen molar-refractivity contribution in [3.63, 3.8) is 0 Å². The molecule has 7 N–H and O–H groups in total. The zero-order chi connectivity index (χ0) is 39.0. The molecule has 0 unspecified atom stereocenters. The Labute approximate surface area is 320 Å². The molecular formula is C37H55N9O7S. The third-order valence-electron chi connectivity index (χ3n) is 9.17. The standard InChI is InChI=1S/C37H55N9O7S/c1-4-5-6-11-41-35-34-29(42-37(39)43-35)9-13-46(34)23-27-8-7-26(20-30(27)52-3)22-44-14-16-45(17-15-44)33(49)10-18-53-19-12-40-32(48)21-31(25(2)47)54-24-28(38)36(50)51/h7-9,13,20,28,31H,4-6,10-12,14-19,21-24,38H2,1-3H3,(H,40,48)(H,50,51)(H3,39,41,42,43)/t28-,31-/m0/s1. The van der Waals surface area contributed by atoms with Crippen LogP contribution in [0.25, 0.3) is 11.0 Å². The molecule has 1 aliphatic rings. The van der Waals surface area contributed by atoms with Gasteiger partial charge in [0.25, 0.3) is 0 Å². The van der Waals surface area contributed by atoms with E-state index in [1.165, 1.54) is 6.92 Å². The summed E-state index contributed by atoms with van der Waals surface area (Å²) in [6, 6.07) is 7.15. The number of nitrogen functional groups attached to an aromatic ring is 1. The van der Waals surface area contributed by atoms with Crippen molar-refractivity contribution in [3.8, 4) is 5.75 Å². The lowest BCUT2D eigenvalue weighted by Gasteiger charge is -2.35. The highest BCUT2D eigenvalue weighted by molar-refractivity contribution is 8.00. The number of hydrogen-bond acceptors (Lipinski definition) is 13. The van der Waals surface area contributed by atoms with E-state index in [9.17, 15) is 19.2 Å². The lowest BCUT2D eigenvalue weighted by atomic mass is 10.1. The minimum atomic E-state index is -1.16. The Balaban J connectivity index is 1.17. The fraction of sp³-hybridized carbons (Fsp3) is 0.568. The van der Waals surface area contributed by atoms with Gasteiger partial charge in [0.05, 0.1) is 44.1 Å². The van der Waals surface area contributed by atoms with Crippen molar-refractivity contribution < 1.29 is 33.8 Å². The van der Waals surface area contributed by atoms with Crippen LogP contribution in [-0.4, -0.2) is 130 Å². The van der Waals surface area contributed by atoms with E-state index < -0.39 is 17.3 Å². The molecule has 2 amide bonds. The van der Waals surface area contributed by atoms with Crippen molar-refractivity contribution in [2.75, 3.05) is 76.4 Å². The highest BCUT2D eigenvalue weighted by atomic mass is 32.2. The second kappa shape index (κ2) is 21.4. The number of piperazine rings is 1. The lowest BCUT2D eigenvalue weighted by Crippen LogP contribution is -2.48. The Morgan fingerprint density at radius 3 is 2.52 bits per heavy atom. The smallest absolute Gasteiger partial charge is 0.321 e. The summed E-state index contributed by atoms with van der Waals surface area (Å²) in [5.41, 5.74) is 15.4. The summed E-state index contributed by atoms with van der Waals surface area (Å²) in [6.07, 6.45) is 5.49. The number of ether oxygens (including phenoxy) is 2. The molecule has 1 aromatic carbocycles. The number of aliphatic carboxylic acids is 1. The van der Waals surface area contributed by atoms with Gasteiger partial charge in [0.1, 0.15) is 23.1 Å². The average Bonchev–Trinajstić information content (AvgIpc) is 3.55. The van der Waals surface area contributed by atoms with Gasteiger partial charge in [0, 0.05) is 69.7 Å². The van der Waals surface area contributed by atoms with Gasteiger partial charge in [-0.25, -0.2) is 4.98 Å². The molecule has 17 heteroatoms. The molecule has 4 rings (SSSR count). The summed E-state index contributed by atoms with van der Waals surface area (Å²) < 4.78 is 13.5. The van der Waals surface area contributed by atoms with Gasteiger partial charge in [-0.15, -0.1) is 11.8 Å². The van der Waals surface area contributed by atoms with Crippen molar-refractivity contribution in [2.45, 2.75) is 70.3 Å². The Bertz CT molecular complexity index is 1710. The van der Waals surface area contributed by atoms with E-state index in [2.05, 4.69) is 55.2 Å². The SMILES string of the molecule is CCCCCNc1nc(N)nc2ccn(Cc3ccc(CN4CCN(C(=O)CCOCCNC(=O)C[C@H](SC[C@H](N)C(=O)O)C(C)=O)CC4)cc3OC)c12. The molecule has 0 spiro atoms. The van der Waals surface area contributed by atoms with Crippen LogP contribution < -0.4 is 26.8 Å². The number of nitrogens with zero attached hydrogens (tertiary/aromatic N) is 5. The van der Waals surface area contributed by atoms with Crippen molar-refractivity contribution in [3.05, 3.63) is 41.6 Å². The first-order valence-electron chi connectivity index (χ1n) is 18.5. The van der Waals surface area contributed by atoms with E-state index in [1.807, 2.05) is 17.2 Å². The summed E-state index contributed by atoms with van der Waals surface area (Å²) in [7, 11) is 1.68. The number of carboxylic acid groups (broad SMARTS) is 1. The number of carboxylic acids is 1. The Morgan fingerprint density at radius 2 is 1.81 bits per heavy atom. The van der Waals surface area contributed by atoms with Crippen LogP contribution in [0.2, 0.25) is 0 Å². The van der Waals surface area contributed by atoms with Crippen LogP contribution in [0, 0.1) is 0 Å². The predicted octanol–water partition coefficient (Wildman–Crippen LogP) is 2.33. The second-order valence-electron chi connectivity index (χ2n) is 13.3. The molecular weight excluding hydrogens is 715 g/mol. The fourth-order valence-electron chi connectivity index (χ4n) is 6.11. The molecule has 2 atom stereocenters. The summed E-state index contributed by atoms with van der Waals surface area (Å²) in [5, 5.41) is 14.4. The number of benzene rings is 1. The first-order valence-corrected chi connectivity index (χ1v) is 19.5. The van der Waals surface area contributed by atoms with Gasteiger partial charge in [-0.05, 0) is 31.0 Å². The van der Waals surface area contributed by atoms with E-state index in [4.69, 9.17) is 26.0 Å². The van der Waals surface area contributed by atoms with E-state index in [0.717, 1.165) is 90.9 Å². The number of nitrogens with two attached hydrogens (primary N) is 2. The van der Waals surface area contributed by atoms with E-state index in [0.29, 0.717) is 19.6 Å². The molecule has 0 bridgehead atoms. The average molecular weight is 770 g/mol. The molecule has 1 aliphatic heterocycles. The number of aromatic nitrogens is 3. The number of rotatable bonds is 23. The molecule has 0 saturated carbocycles. The van der Waals surface area contributed by atoms with E-state index in [1.54, 1.807) is 7.11 Å². The van der Waals surface area contributed by atoms with Crippen molar-refractivity contribution in [1.29, 1.82) is 0 Å². The number of carbonyl (C=O) groups is 4. The summed E-state index contributed by atoms with van der Waals surface area (Å²) in [4.78, 5) is 61.0. The fourth-order valence-corrected chi connectivity index (χ4v) is 7.20. The Kier molecular flexibility index (Phi) is 16.8. The molecule has 0 radical (unpaired) electrons. The molecule has 1 fully saturated rings. The number of Topliss-reactive ketones (excluding diaryl/α,β-unsaturated/α-hetero) is 1. The van der Waals surface area contributed by atoms with Crippen LogP contribution in [0.1, 0.15) is 57.1 Å². The van der Waals surface area contributed by atoms with Crippen LogP contribution in [0.15, 0.2) is 30.5 Å². The maximum atomic E-state index is 12.8. The molecule has 3 heterocycles. The number of methoxy groups -OCH3 is 1. The van der Waals surface area contributed by atoms with Crippen molar-refractivity contribution in [2.24, 2.45) is 5.73 Å². The van der Waals surface area contributed by atoms with Crippen LogP contribution in [-0.2, 0) is 37.0 Å². The van der Waals surface area contributed by atoms with Crippen LogP contribution >= 0.6 is 11.8 Å². The number of hydrogen-bond donors (Lipinski definition) is 5. The predicted molar refractivity (Wildman–Crippen MR) is 210 cm³/mol. The van der Waals surface area contributed by atoms with Crippen LogP contribution in [0.4, 0.5) is 11.8 Å². The lowest BCUT2D eigenvalue weighted by molar-refractivity contribution is -0.138. The third kappa shape index (κ3) is 12.8. The number of amides is 2. The molecule has 54 heavy (non-hydrogen) atoms. The van der Waals surface area contributed by atoms with Gasteiger partial charge < -0.3 is 46.1 Å². The topological polar surface area (TPSA) is 220 Å². The Morgan fingerprint density at radius 1 is 1.04 bits per heavy atom. The van der Waals surface area contributed by atoms with E-state index in [-0.39, 0.29) is 61.9 Å². The zero-order valence-electron chi connectivity index (χ0n) is 31.6. The maximum Gasteiger partial charge on any atom is 0.321 e. The first kappa shape index (κ1) is 42.3. The highest BCUT2D eigenvalue weighted by Crippen LogP contribution is 2.28. The number of carbonyl (C=O) groups excluding carboxylic acids is 3. The van der Waals surface area contributed by atoms with Gasteiger partial charge in [0.2, 0.25) is 17.8 Å². The minimum absolute atomic E-state index is 0.0236. The monoisotopic (exact) mass is 769 g/mol. The largest absolute Gasteiger partial charge is 0.496 e. The molecule has 3 aromatic rings. The van der Waals surface area contributed by atoms with E-state index >= 15 is 0 Å². The van der Waals surface area contributed by atoms with Crippen molar-refractivity contribution >= 4 is 58.1 Å². The van der Waals surface area contributed by atoms with Crippen molar-refractivity contribution in [1.82, 2.24) is 29.7 Å². The number of unbranched alkanes of at least 4 members (excludes halogenated alkanes) is 2. The minimum Gasteiger partial charge on any atom is -0.496 e. The number of ketones is 1. The van der Waals surface area contributed by atoms with Gasteiger partial charge in [-0.1, -0.05) is 31.9 Å². The molecule has 2 aromatic heterocycles. The highest BCUT2D eigenvalue weighted by Gasteiger charge is 2.23. The summed E-state index contributed by atoms with van der Waals surface area (Å²) in [6.45, 7) is 9.09. The van der Waals surface area contributed by atoms with Gasteiger partial charge in [-0.2, -0.15) is 4.98 Å². The summed E-state index contributed by atoms with van der Waals surface area (Å²) in [5.74, 6) is 0.108. The second-order valence-corrected chi connectivity index (χ2v) is 14.6. The molecule has 0 aliphatic carbocycles. The van der Waals surface area contributed by atoms with Crippen LogP contribution in [0.5, 0.6) is 5.75 Å².